The fraction of sp³-hybridized carbons (Fsp3) is 0.154. The maximum absolute atomic E-state index is 12.3. The average Bonchev–Trinajstić information content (AvgIpc) is 2.82. The highest BCUT2D eigenvalue weighted by Crippen LogP contribution is 2.29. The van der Waals surface area contributed by atoms with E-state index in [0.29, 0.717) is 11.1 Å². The van der Waals surface area contributed by atoms with Gasteiger partial charge in [-0.05, 0) is 29.1 Å². The van der Waals surface area contributed by atoms with Crippen molar-refractivity contribution in [3.8, 4) is 0 Å². The predicted molar refractivity (Wildman–Crippen MR) is 63.8 cm³/mol. The van der Waals surface area contributed by atoms with E-state index in [4.69, 9.17) is 0 Å². The van der Waals surface area contributed by atoms with Gasteiger partial charge in [0.15, 0.2) is 5.78 Å². The number of alkyl halides is 3. The minimum absolute atomic E-state index is 0.0870. The fourth-order valence-corrected chi connectivity index (χ4v) is 2.18. The number of hydrogen-bond donors (Lipinski definition) is 0. The van der Waals surface area contributed by atoms with Crippen molar-refractivity contribution in [2.45, 2.75) is 12.6 Å². The van der Waals surface area contributed by atoms with Gasteiger partial charge in [0.05, 0.1) is 5.56 Å². The summed E-state index contributed by atoms with van der Waals surface area (Å²) in [6, 6.07) is 6.38. The lowest BCUT2D eigenvalue weighted by Crippen LogP contribution is -2.06. The minimum Gasteiger partial charge on any atom is -0.294 e. The van der Waals surface area contributed by atoms with Crippen LogP contribution in [0.4, 0.5) is 13.2 Å². The minimum atomic E-state index is -4.34. The Morgan fingerprint density at radius 3 is 2.28 bits per heavy atom. The van der Waals surface area contributed by atoms with E-state index >= 15 is 0 Å². The molecule has 18 heavy (non-hydrogen) atoms. The highest BCUT2D eigenvalue weighted by Gasteiger charge is 2.29. The lowest BCUT2D eigenvalue weighted by atomic mass is 10.0. The number of thiophene rings is 1. The van der Waals surface area contributed by atoms with Crippen molar-refractivity contribution in [2.24, 2.45) is 0 Å². The molecule has 0 saturated heterocycles. The first kappa shape index (κ1) is 12.8. The Morgan fingerprint density at radius 1 is 1.11 bits per heavy atom. The van der Waals surface area contributed by atoms with Crippen molar-refractivity contribution in [1.82, 2.24) is 0 Å². The Bertz CT molecular complexity index is 526. The molecule has 0 bridgehead atoms. The molecule has 94 valence electrons. The van der Waals surface area contributed by atoms with Crippen molar-refractivity contribution in [3.05, 3.63) is 57.8 Å². The van der Waals surface area contributed by atoms with Crippen molar-refractivity contribution >= 4 is 17.1 Å². The van der Waals surface area contributed by atoms with Gasteiger partial charge in [0.25, 0.3) is 0 Å². The van der Waals surface area contributed by atoms with Gasteiger partial charge in [0, 0.05) is 17.4 Å². The lowest BCUT2D eigenvalue weighted by Gasteiger charge is -2.07. The Labute approximate surface area is 106 Å². The van der Waals surface area contributed by atoms with Gasteiger partial charge in [-0.25, -0.2) is 0 Å². The van der Waals surface area contributed by atoms with Crippen molar-refractivity contribution < 1.29 is 18.0 Å². The summed E-state index contributed by atoms with van der Waals surface area (Å²) >= 11 is 1.41. The number of carbonyl (C=O) groups excluding carboxylic acids is 1. The van der Waals surface area contributed by atoms with Crippen LogP contribution in [0.2, 0.25) is 0 Å². The molecule has 0 spiro atoms. The summed E-state index contributed by atoms with van der Waals surface area (Å²) in [5.74, 6) is -0.0870. The van der Waals surface area contributed by atoms with Crippen LogP contribution in [0, 0.1) is 0 Å². The van der Waals surface area contributed by atoms with Crippen LogP contribution in [0.1, 0.15) is 21.5 Å². The van der Waals surface area contributed by atoms with Crippen LogP contribution in [-0.2, 0) is 12.6 Å². The van der Waals surface area contributed by atoms with Crippen molar-refractivity contribution in [3.63, 3.8) is 0 Å². The molecule has 0 aliphatic carbocycles. The second-order valence-electron chi connectivity index (χ2n) is 3.81. The molecular weight excluding hydrogens is 261 g/mol. The molecule has 0 fully saturated rings. The SMILES string of the molecule is O=C(Cc1ccc(C(F)(F)F)cc1)c1ccsc1. The molecule has 2 aromatic rings. The molecule has 0 aliphatic heterocycles. The second kappa shape index (κ2) is 4.94. The molecule has 1 aromatic heterocycles. The highest BCUT2D eigenvalue weighted by molar-refractivity contribution is 7.08. The quantitative estimate of drug-likeness (QED) is 0.764. The van der Waals surface area contributed by atoms with Crippen LogP contribution in [0.5, 0.6) is 0 Å². The molecule has 0 aliphatic rings. The van der Waals surface area contributed by atoms with E-state index in [9.17, 15) is 18.0 Å². The molecule has 0 atom stereocenters. The Kier molecular flexibility index (Phi) is 3.52. The van der Waals surface area contributed by atoms with Gasteiger partial charge in [0.1, 0.15) is 0 Å². The molecule has 0 saturated carbocycles. The van der Waals surface area contributed by atoms with Gasteiger partial charge in [-0.1, -0.05) is 12.1 Å². The fourth-order valence-electron chi connectivity index (χ4n) is 1.52. The molecule has 5 heteroatoms. The summed E-state index contributed by atoms with van der Waals surface area (Å²) < 4.78 is 37.0. The van der Waals surface area contributed by atoms with Gasteiger partial charge in [0.2, 0.25) is 0 Å². The van der Waals surface area contributed by atoms with E-state index in [0.717, 1.165) is 12.1 Å². The first-order chi connectivity index (χ1) is 8.47. The number of halogens is 3. The van der Waals surface area contributed by atoms with Crippen molar-refractivity contribution in [2.75, 3.05) is 0 Å². The molecule has 0 N–H and O–H groups in total. The van der Waals surface area contributed by atoms with E-state index in [1.165, 1.54) is 23.5 Å². The number of ketones is 1. The molecule has 0 unspecified atom stereocenters. The van der Waals surface area contributed by atoms with Crippen molar-refractivity contribution in [1.29, 1.82) is 0 Å². The topological polar surface area (TPSA) is 17.1 Å². The predicted octanol–water partition coefficient (Wildman–Crippen LogP) is 4.19. The Morgan fingerprint density at radius 2 is 1.78 bits per heavy atom. The molecule has 2 rings (SSSR count). The molecule has 1 heterocycles. The summed E-state index contributed by atoms with van der Waals surface area (Å²) in [7, 11) is 0. The van der Waals surface area contributed by atoms with Gasteiger partial charge in [-0.2, -0.15) is 24.5 Å². The standard InChI is InChI=1S/C13H9F3OS/c14-13(15,16)11-3-1-9(2-4-11)7-12(17)10-5-6-18-8-10/h1-6,8H,7H2. The zero-order valence-corrected chi connectivity index (χ0v) is 10.0. The van der Waals surface area contributed by atoms with E-state index in [1.54, 1.807) is 16.8 Å². The molecule has 1 nitrogen and oxygen atoms in total. The normalized spacial score (nSPS) is 11.5. The number of carbonyl (C=O) groups is 1. The highest BCUT2D eigenvalue weighted by atomic mass is 32.1. The van der Waals surface area contributed by atoms with Crippen LogP contribution in [0.15, 0.2) is 41.1 Å². The smallest absolute Gasteiger partial charge is 0.294 e. The number of benzene rings is 1. The Balaban J connectivity index is 2.09. The van der Waals surface area contributed by atoms with E-state index in [1.807, 2.05) is 0 Å². The first-order valence-electron chi connectivity index (χ1n) is 5.18. The number of hydrogen-bond acceptors (Lipinski definition) is 2. The number of rotatable bonds is 3. The summed E-state index contributed by atoms with van der Waals surface area (Å²) in [5, 5.41) is 3.52. The van der Waals surface area contributed by atoms with Crippen LogP contribution in [-0.4, -0.2) is 5.78 Å². The maximum Gasteiger partial charge on any atom is 0.416 e. The van der Waals surface area contributed by atoms with Crippen LogP contribution < -0.4 is 0 Å². The van der Waals surface area contributed by atoms with Crippen LogP contribution in [0.3, 0.4) is 0 Å². The molecular formula is C13H9F3OS. The summed E-state index contributed by atoms with van der Waals surface area (Å²) in [5.41, 5.74) is 0.480. The zero-order chi connectivity index (χ0) is 13.2. The van der Waals surface area contributed by atoms with Gasteiger partial charge < -0.3 is 0 Å². The third kappa shape index (κ3) is 2.98. The average molecular weight is 270 g/mol. The summed E-state index contributed by atoms with van der Waals surface area (Å²) in [4.78, 5) is 11.7. The molecule has 0 amide bonds. The summed E-state index contributed by atoms with van der Waals surface area (Å²) in [6.07, 6.45) is -4.22. The maximum atomic E-state index is 12.3. The first-order valence-corrected chi connectivity index (χ1v) is 6.12. The number of Topliss-reactive ketones (excluding diaryl/α,β-unsaturated/α-hetero) is 1. The zero-order valence-electron chi connectivity index (χ0n) is 9.20. The lowest BCUT2D eigenvalue weighted by molar-refractivity contribution is -0.137. The van der Waals surface area contributed by atoms with E-state index < -0.39 is 11.7 Å². The van der Waals surface area contributed by atoms with Gasteiger partial charge in [-0.15, -0.1) is 0 Å². The Hall–Kier alpha value is -1.62. The largest absolute Gasteiger partial charge is 0.416 e. The summed E-state index contributed by atoms with van der Waals surface area (Å²) in [6.45, 7) is 0. The van der Waals surface area contributed by atoms with Crippen LogP contribution >= 0.6 is 11.3 Å². The van der Waals surface area contributed by atoms with E-state index in [-0.39, 0.29) is 12.2 Å². The molecule has 1 aromatic carbocycles. The van der Waals surface area contributed by atoms with Gasteiger partial charge in [-0.3, -0.25) is 4.79 Å². The third-order valence-corrected chi connectivity index (χ3v) is 3.17. The van der Waals surface area contributed by atoms with E-state index in [2.05, 4.69) is 0 Å². The third-order valence-electron chi connectivity index (χ3n) is 2.49. The monoisotopic (exact) mass is 270 g/mol. The molecule has 0 radical (unpaired) electrons. The van der Waals surface area contributed by atoms with Gasteiger partial charge >= 0.3 is 6.18 Å². The van der Waals surface area contributed by atoms with Crippen LogP contribution in [0.25, 0.3) is 0 Å². The second-order valence-corrected chi connectivity index (χ2v) is 4.59.